The average Bonchev–Trinajstić information content (AvgIpc) is 3.57. The van der Waals surface area contributed by atoms with Crippen LogP contribution in [0.4, 0.5) is 5.95 Å². The van der Waals surface area contributed by atoms with Gasteiger partial charge in [-0.25, -0.2) is 4.98 Å². The summed E-state index contributed by atoms with van der Waals surface area (Å²) in [6.07, 6.45) is 4.34. The monoisotopic (exact) mass is 470 g/mol. The van der Waals surface area contributed by atoms with Gasteiger partial charge in [-0.1, -0.05) is 30.8 Å². The summed E-state index contributed by atoms with van der Waals surface area (Å²) in [6, 6.07) is 10.6. The van der Waals surface area contributed by atoms with E-state index >= 15 is 0 Å². The number of anilines is 1. The number of aromatic amines is 2. The number of thiazole rings is 1. The van der Waals surface area contributed by atoms with Gasteiger partial charge in [0.25, 0.3) is 5.56 Å². The molecule has 4 heterocycles. The number of H-pyrrole nitrogens is 2. The van der Waals surface area contributed by atoms with E-state index < -0.39 is 0 Å². The van der Waals surface area contributed by atoms with Gasteiger partial charge in [-0.05, 0) is 35.8 Å². The number of rotatable bonds is 3. The average molecular weight is 471 g/mol. The van der Waals surface area contributed by atoms with Crippen molar-refractivity contribution in [1.82, 2.24) is 25.1 Å². The topological polar surface area (TPSA) is 140 Å². The Bertz CT molecular complexity index is 1530. The molecule has 0 radical (unpaired) electrons. The number of hydrogen-bond acceptors (Lipinski definition) is 8. The molecular formula is C24H22N8OS. The first-order valence-corrected chi connectivity index (χ1v) is 11.9. The Balaban J connectivity index is 1.25. The molecule has 1 fully saturated rings. The second kappa shape index (κ2) is 7.62. The lowest BCUT2D eigenvalue weighted by atomic mass is 9.73. The summed E-state index contributed by atoms with van der Waals surface area (Å²) in [5.74, 6) is 0.526. The molecule has 0 saturated carbocycles. The zero-order chi connectivity index (χ0) is 23.4. The van der Waals surface area contributed by atoms with Crippen LogP contribution in [0.2, 0.25) is 0 Å². The Morgan fingerprint density at radius 3 is 2.85 bits per heavy atom. The Kier molecular flexibility index (Phi) is 4.65. The van der Waals surface area contributed by atoms with E-state index in [9.17, 15) is 4.79 Å². The molecule has 1 aliphatic heterocycles. The van der Waals surface area contributed by atoms with E-state index in [1.54, 1.807) is 0 Å². The van der Waals surface area contributed by atoms with Crippen molar-refractivity contribution in [3.05, 3.63) is 74.1 Å². The van der Waals surface area contributed by atoms with Gasteiger partial charge in [-0.2, -0.15) is 15.3 Å². The molecule has 1 saturated heterocycles. The summed E-state index contributed by atoms with van der Waals surface area (Å²) in [7, 11) is 0. The molecule has 34 heavy (non-hydrogen) atoms. The van der Waals surface area contributed by atoms with Crippen LogP contribution in [0.25, 0.3) is 16.6 Å². The maximum absolute atomic E-state index is 13.1. The van der Waals surface area contributed by atoms with Crippen molar-refractivity contribution >= 4 is 33.9 Å². The fraction of sp³-hybridized carbons (Fsp3) is 0.292. The van der Waals surface area contributed by atoms with E-state index in [0.29, 0.717) is 38.1 Å². The second-order valence-corrected chi connectivity index (χ2v) is 10.0. The fourth-order valence-electron chi connectivity index (χ4n) is 5.33. The van der Waals surface area contributed by atoms with Gasteiger partial charge in [0.15, 0.2) is 5.65 Å². The number of aromatic nitrogens is 5. The van der Waals surface area contributed by atoms with Crippen LogP contribution < -0.4 is 16.2 Å². The minimum absolute atomic E-state index is 0.0360. The van der Waals surface area contributed by atoms with Crippen molar-refractivity contribution in [3.8, 4) is 6.07 Å². The number of piperidine rings is 1. The second-order valence-electron chi connectivity index (χ2n) is 9.01. The van der Waals surface area contributed by atoms with Gasteiger partial charge in [0.1, 0.15) is 27.0 Å². The van der Waals surface area contributed by atoms with Crippen LogP contribution >= 0.6 is 11.3 Å². The number of nitriles is 1. The highest BCUT2D eigenvalue weighted by Gasteiger charge is 2.46. The van der Waals surface area contributed by atoms with Crippen molar-refractivity contribution in [2.75, 3.05) is 18.0 Å². The summed E-state index contributed by atoms with van der Waals surface area (Å²) in [4.78, 5) is 27.5. The molecule has 10 heteroatoms. The third-order valence-corrected chi connectivity index (χ3v) is 8.19. The molecule has 1 aromatic carbocycles. The third-order valence-electron chi connectivity index (χ3n) is 7.23. The van der Waals surface area contributed by atoms with Gasteiger partial charge in [0, 0.05) is 24.7 Å². The van der Waals surface area contributed by atoms with Gasteiger partial charge in [-0.3, -0.25) is 14.9 Å². The van der Waals surface area contributed by atoms with Crippen molar-refractivity contribution < 1.29 is 0 Å². The number of nitrogens with one attached hydrogen (secondary N) is 2. The van der Waals surface area contributed by atoms with Crippen molar-refractivity contribution in [2.24, 2.45) is 11.1 Å². The summed E-state index contributed by atoms with van der Waals surface area (Å²) in [5.41, 5.74) is 10.3. The SMILES string of the molecule is C=C(c1ncc(C#N)s1)c1n[nH]c2nc(N3CCC4(CC3)Cc3ccccc3[C@H]4N)[nH]c(=O)c12. The van der Waals surface area contributed by atoms with Gasteiger partial charge >= 0.3 is 0 Å². The first-order valence-electron chi connectivity index (χ1n) is 11.1. The van der Waals surface area contributed by atoms with Gasteiger partial charge in [-0.15, -0.1) is 11.3 Å². The molecule has 1 spiro atoms. The van der Waals surface area contributed by atoms with Gasteiger partial charge < -0.3 is 10.6 Å². The van der Waals surface area contributed by atoms with E-state index in [4.69, 9.17) is 11.0 Å². The first-order chi connectivity index (χ1) is 16.5. The van der Waals surface area contributed by atoms with Crippen molar-refractivity contribution in [1.29, 1.82) is 5.26 Å². The van der Waals surface area contributed by atoms with Crippen LogP contribution in [0.15, 0.2) is 41.8 Å². The molecule has 2 aliphatic rings. The van der Waals surface area contributed by atoms with Crippen LogP contribution in [0.3, 0.4) is 0 Å². The highest BCUT2D eigenvalue weighted by molar-refractivity contribution is 7.13. The Labute approximate surface area is 199 Å². The minimum atomic E-state index is -0.285. The highest BCUT2D eigenvalue weighted by atomic mass is 32.1. The molecular weight excluding hydrogens is 448 g/mol. The summed E-state index contributed by atoms with van der Waals surface area (Å²) in [6.45, 7) is 5.56. The number of nitrogens with two attached hydrogens (primary N) is 1. The van der Waals surface area contributed by atoms with E-state index in [1.165, 1.54) is 28.7 Å². The van der Waals surface area contributed by atoms with Crippen LogP contribution in [0.1, 0.15) is 45.6 Å². The molecule has 4 aromatic rings. The predicted molar refractivity (Wildman–Crippen MR) is 130 cm³/mol. The molecule has 9 nitrogen and oxygen atoms in total. The smallest absolute Gasteiger partial charge is 0.264 e. The number of hydrogen-bond donors (Lipinski definition) is 3. The first kappa shape index (κ1) is 20.8. The molecule has 170 valence electrons. The van der Waals surface area contributed by atoms with Crippen LogP contribution in [-0.2, 0) is 6.42 Å². The van der Waals surface area contributed by atoms with Gasteiger partial charge in [0.05, 0.1) is 6.20 Å². The van der Waals surface area contributed by atoms with Crippen molar-refractivity contribution in [3.63, 3.8) is 0 Å². The summed E-state index contributed by atoms with van der Waals surface area (Å²) < 4.78 is 0. The van der Waals surface area contributed by atoms with E-state index in [-0.39, 0.29) is 17.0 Å². The van der Waals surface area contributed by atoms with Crippen molar-refractivity contribution in [2.45, 2.75) is 25.3 Å². The molecule has 0 bridgehead atoms. The molecule has 0 unspecified atom stereocenters. The maximum Gasteiger partial charge on any atom is 0.264 e. The number of benzene rings is 1. The lowest BCUT2D eigenvalue weighted by molar-refractivity contribution is 0.187. The predicted octanol–water partition coefficient (Wildman–Crippen LogP) is 2.88. The molecule has 1 aliphatic carbocycles. The lowest BCUT2D eigenvalue weighted by Crippen LogP contribution is -2.45. The Hall–Kier alpha value is -3.81. The molecule has 4 N–H and O–H groups in total. The van der Waals surface area contributed by atoms with Crippen LogP contribution in [-0.4, -0.2) is 38.2 Å². The number of nitrogens with zero attached hydrogens (tertiary/aromatic N) is 5. The van der Waals surface area contributed by atoms with E-state index in [2.05, 4.69) is 67.0 Å². The lowest BCUT2D eigenvalue weighted by Gasteiger charge is -2.42. The van der Waals surface area contributed by atoms with E-state index in [1.807, 2.05) is 0 Å². The largest absolute Gasteiger partial charge is 0.342 e. The fourth-order valence-corrected chi connectivity index (χ4v) is 6.02. The molecule has 6 rings (SSSR count). The third kappa shape index (κ3) is 3.09. The number of fused-ring (bicyclic) bond motifs is 2. The van der Waals surface area contributed by atoms with Crippen LogP contribution in [0.5, 0.6) is 0 Å². The molecule has 3 aromatic heterocycles. The zero-order valence-electron chi connectivity index (χ0n) is 18.3. The van der Waals surface area contributed by atoms with Gasteiger partial charge in [0.2, 0.25) is 5.95 Å². The molecule has 0 amide bonds. The Morgan fingerprint density at radius 1 is 1.32 bits per heavy atom. The Morgan fingerprint density at radius 2 is 2.12 bits per heavy atom. The van der Waals surface area contributed by atoms with Crippen LogP contribution in [0, 0.1) is 16.7 Å². The summed E-state index contributed by atoms with van der Waals surface area (Å²) in [5, 5.41) is 17.1. The minimum Gasteiger partial charge on any atom is -0.342 e. The maximum atomic E-state index is 13.1. The highest BCUT2D eigenvalue weighted by Crippen LogP contribution is 2.50. The molecule has 1 atom stereocenters. The van der Waals surface area contributed by atoms with E-state index in [0.717, 1.165) is 32.4 Å². The summed E-state index contributed by atoms with van der Waals surface area (Å²) >= 11 is 1.21. The quantitative estimate of drug-likeness (QED) is 0.418. The standard InChI is InChI=1S/C24H22N8OS/c1-13(22-27-12-15(11-25)34-22)18-17-20(31-30-18)28-23(29-21(17)33)32-8-6-24(7-9-32)10-14-4-2-3-5-16(14)19(24)26/h2-5,12,19H,1,6-10,26H2,(H2,28,29,30,31,33)/t19-/m1/s1. The zero-order valence-corrected chi connectivity index (χ0v) is 19.2. The normalized spacial score (nSPS) is 18.8.